The summed E-state index contributed by atoms with van der Waals surface area (Å²) in [5.41, 5.74) is 3.76. The first kappa shape index (κ1) is 22.5. The van der Waals surface area contributed by atoms with E-state index in [2.05, 4.69) is 53.7 Å². The van der Waals surface area contributed by atoms with Crippen LogP contribution in [0.15, 0.2) is 60.0 Å². The number of ether oxygens (including phenoxy) is 1. The van der Waals surface area contributed by atoms with Crippen LogP contribution in [0.2, 0.25) is 0 Å². The number of carbonyl (C=O) groups excluding carboxylic acids is 2. The van der Waals surface area contributed by atoms with Crippen LogP contribution in [0.5, 0.6) is 0 Å². The molecule has 0 saturated carbocycles. The molecule has 0 radical (unpaired) electrons. The zero-order chi connectivity index (χ0) is 22.1. The van der Waals surface area contributed by atoms with Gasteiger partial charge in [0.1, 0.15) is 0 Å². The van der Waals surface area contributed by atoms with Gasteiger partial charge in [-0.1, -0.05) is 68.4 Å². The molecule has 0 unspecified atom stereocenters. The Hall–Kier alpha value is -3.19. The van der Waals surface area contributed by atoms with Gasteiger partial charge in [-0.15, -0.1) is 11.3 Å². The molecule has 1 heterocycles. The lowest BCUT2D eigenvalue weighted by Gasteiger charge is -2.08. The molecule has 2 aromatic carbocycles. The molecule has 0 saturated heterocycles. The fraction of sp³-hybridized carbons (Fsp3) is 0.292. The van der Waals surface area contributed by atoms with E-state index in [0.29, 0.717) is 24.1 Å². The standard InChI is InChI=1S/C24H27N3O3S/c1-17(2)20-10-8-18(9-11-20)12-13-25-22(28)15-30-23(29)21-16-31-24(27-21)26-14-19-6-4-3-5-7-19/h3-11,16-17H,12-15H2,1-2H3,(H,25,28)(H,26,27). The van der Waals surface area contributed by atoms with Crippen LogP contribution in [0.25, 0.3) is 0 Å². The molecule has 2 N–H and O–H groups in total. The molecule has 3 aromatic rings. The van der Waals surface area contributed by atoms with Crippen LogP contribution in [0, 0.1) is 0 Å². The maximum atomic E-state index is 12.1. The highest BCUT2D eigenvalue weighted by Crippen LogP contribution is 2.17. The zero-order valence-electron chi connectivity index (χ0n) is 17.8. The molecular formula is C24H27N3O3S. The monoisotopic (exact) mass is 437 g/mol. The molecule has 1 aromatic heterocycles. The third-order valence-corrected chi connectivity index (χ3v) is 5.52. The van der Waals surface area contributed by atoms with Crippen molar-refractivity contribution in [2.75, 3.05) is 18.5 Å². The second kappa shape index (κ2) is 11.3. The molecule has 0 fully saturated rings. The molecule has 162 valence electrons. The van der Waals surface area contributed by atoms with Crippen molar-refractivity contribution >= 4 is 28.3 Å². The van der Waals surface area contributed by atoms with Gasteiger partial charge in [0.2, 0.25) is 0 Å². The molecule has 7 heteroatoms. The lowest BCUT2D eigenvalue weighted by molar-refractivity contribution is -0.124. The molecule has 31 heavy (non-hydrogen) atoms. The normalized spacial score (nSPS) is 10.7. The van der Waals surface area contributed by atoms with E-state index in [9.17, 15) is 9.59 Å². The van der Waals surface area contributed by atoms with E-state index in [1.165, 1.54) is 16.9 Å². The number of carbonyl (C=O) groups is 2. The van der Waals surface area contributed by atoms with Gasteiger partial charge in [-0.2, -0.15) is 0 Å². The van der Waals surface area contributed by atoms with E-state index in [4.69, 9.17) is 4.74 Å². The number of nitrogens with one attached hydrogen (secondary N) is 2. The third kappa shape index (κ3) is 7.22. The van der Waals surface area contributed by atoms with Gasteiger partial charge >= 0.3 is 5.97 Å². The van der Waals surface area contributed by atoms with Crippen molar-refractivity contribution in [3.8, 4) is 0 Å². The SMILES string of the molecule is CC(C)c1ccc(CCNC(=O)COC(=O)c2csc(NCc3ccccc3)n2)cc1. The Morgan fingerprint density at radius 2 is 1.77 bits per heavy atom. The van der Waals surface area contributed by atoms with Gasteiger partial charge in [0.15, 0.2) is 17.4 Å². The summed E-state index contributed by atoms with van der Waals surface area (Å²) >= 11 is 1.32. The topological polar surface area (TPSA) is 80.3 Å². The molecule has 6 nitrogen and oxygen atoms in total. The minimum Gasteiger partial charge on any atom is -0.451 e. The summed E-state index contributed by atoms with van der Waals surface area (Å²) in [6.45, 7) is 5.09. The van der Waals surface area contributed by atoms with Crippen LogP contribution in [-0.2, 0) is 22.5 Å². The van der Waals surface area contributed by atoms with Crippen molar-refractivity contribution in [1.29, 1.82) is 0 Å². The number of aromatic nitrogens is 1. The summed E-state index contributed by atoms with van der Waals surface area (Å²) in [5.74, 6) is -0.440. The van der Waals surface area contributed by atoms with Gasteiger partial charge < -0.3 is 15.4 Å². The van der Waals surface area contributed by atoms with Crippen LogP contribution in [0.4, 0.5) is 5.13 Å². The molecule has 3 rings (SSSR count). The van der Waals surface area contributed by atoms with Gasteiger partial charge in [-0.3, -0.25) is 4.79 Å². The quantitative estimate of drug-likeness (QED) is 0.460. The smallest absolute Gasteiger partial charge is 0.358 e. The third-order valence-electron chi connectivity index (χ3n) is 4.72. The fourth-order valence-corrected chi connectivity index (χ4v) is 3.57. The van der Waals surface area contributed by atoms with E-state index in [1.807, 2.05) is 30.3 Å². The Labute approximate surface area is 186 Å². The van der Waals surface area contributed by atoms with Gasteiger partial charge in [-0.05, 0) is 29.0 Å². The number of benzene rings is 2. The predicted molar refractivity (Wildman–Crippen MR) is 123 cm³/mol. The van der Waals surface area contributed by atoms with E-state index in [-0.39, 0.29) is 18.2 Å². The van der Waals surface area contributed by atoms with Gasteiger partial charge in [0.05, 0.1) is 0 Å². The number of anilines is 1. The summed E-state index contributed by atoms with van der Waals surface area (Å²) in [6.07, 6.45) is 0.723. The maximum absolute atomic E-state index is 12.1. The second-order valence-corrected chi connectivity index (χ2v) is 8.31. The number of thiazole rings is 1. The molecule has 0 aliphatic heterocycles. The van der Waals surface area contributed by atoms with Crippen LogP contribution < -0.4 is 10.6 Å². The van der Waals surface area contributed by atoms with Crippen molar-refractivity contribution in [2.45, 2.75) is 32.7 Å². The van der Waals surface area contributed by atoms with E-state index in [0.717, 1.165) is 17.5 Å². The molecule has 1 amide bonds. The molecule has 0 bridgehead atoms. The van der Waals surface area contributed by atoms with E-state index >= 15 is 0 Å². The van der Waals surface area contributed by atoms with E-state index in [1.54, 1.807) is 5.38 Å². The predicted octanol–water partition coefficient (Wildman–Crippen LogP) is 4.39. The fourth-order valence-electron chi connectivity index (χ4n) is 2.89. The van der Waals surface area contributed by atoms with Crippen molar-refractivity contribution in [3.05, 3.63) is 82.4 Å². The first-order valence-corrected chi connectivity index (χ1v) is 11.1. The van der Waals surface area contributed by atoms with Gasteiger partial charge in [0, 0.05) is 18.5 Å². The number of nitrogens with zero attached hydrogens (tertiary/aromatic N) is 1. The van der Waals surface area contributed by atoms with Crippen molar-refractivity contribution < 1.29 is 14.3 Å². The van der Waals surface area contributed by atoms with Crippen molar-refractivity contribution in [2.24, 2.45) is 0 Å². The average molecular weight is 438 g/mol. The minimum atomic E-state index is -0.608. The number of amides is 1. The highest BCUT2D eigenvalue weighted by molar-refractivity contribution is 7.13. The molecule has 0 aliphatic rings. The number of esters is 1. The number of hydrogen-bond acceptors (Lipinski definition) is 6. The van der Waals surface area contributed by atoms with Gasteiger partial charge in [0.25, 0.3) is 5.91 Å². The lowest BCUT2D eigenvalue weighted by atomic mass is 10.0. The summed E-state index contributed by atoms with van der Waals surface area (Å²) < 4.78 is 5.08. The Morgan fingerprint density at radius 3 is 2.48 bits per heavy atom. The number of hydrogen-bond donors (Lipinski definition) is 2. The Balaban J connectivity index is 1.36. The van der Waals surface area contributed by atoms with Crippen LogP contribution >= 0.6 is 11.3 Å². The van der Waals surface area contributed by atoms with Crippen molar-refractivity contribution in [3.63, 3.8) is 0 Å². The Bertz CT molecular complexity index is 985. The summed E-state index contributed by atoms with van der Waals surface area (Å²) in [5, 5.41) is 8.19. The summed E-state index contributed by atoms with van der Waals surface area (Å²) in [6, 6.07) is 18.3. The van der Waals surface area contributed by atoms with Crippen LogP contribution in [0.1, 0.15) is 46.9 Å². The van der Waals surface area contributed by atoms with Crippen LogP contribution in [0.3, 0.4) is 0 Å². The summed E-state index contributed by atoms with van der Waals surface area (Å²) in [4.78, 5) is 28.3. The molecule has 0 aliphatic carbocycles. The zero-order valence-corrected chi connectivity index (χ0v) is 18.6. The first-order chi connectivity index (χ1) is 15.0. The maximum Gasteiger partial charge on any atom is 0.358 e. The first-order valence-electron chi connectivity index (χ1n) is 10.3. The lowest BCUT2D eigenvalue weighted by Crippen LogP contribution is -2.30. The van der Waals surface area contributed by atoms with Gasteiger partial charge in [-0.25, -0.2) is 9.78 Å². The Morgan fingerprint density at radius 1 is 1.03 bits per heavy atom. The number of rotatable bonds is 10. The average Bonchev–Trinajstić information content (AvgIpc) is 3.26. The Kier molecular flexibility index (Phi) is 8.18. The summed E-state index contributed by atoms with van der Waals surface area (Å²) in [7, 11) is 0. The second-order valence-electron chi connectivity index (χ2n) is 7.45. The molecule has 0 spiro atoms. The van der Waals surface area contributed by atoms with Crippen LogP contribution in [-0.4, -0.2) is 30.0 Å². The highest BCUT2D eigenvalue weighted by Gasteiger charge is 2.14. The largest absolute Gasteiger partial charge is 0.451 e. The minimum absolute atomic E-state index is 0.193. The van der Waals surface area contributed by atoms with Crippen molar-refractivity contribution in [1.82, 2.24) is 10.3 Å². The molecular weight excluding hydrogens is 410 g/mol. The highest BCUT2D eigenvalue weighted by atomic mass is 32.1. The molecule has 0 atom stereocenters. The van der Waals surface area contributed by atoms with E-state index < -0.39 is 5.97 Å².